The number of amides is 2. The molecular formula is C20H21Cl2N3O5. The minimum absolute atomic E-state index is 0.135. The summed E-state index contributed by atoms with van der Waals surface area (Å²) in [5.74, 6) is 0.0468. The van der Waals surface area contributed by atoms with Crippen LogP contribution >= 0.6 is 23.2 Å². The molecule has 0 saturated heterocycles. The van der Waals surface area contributed by atoms with Crippen molar-refractivity contribution in [2.75, 3.05) is 20.3 Å². The molecule has 8 nitrogen and oxygen atoms in total. The first-order chi connectivity index (χ1) is 14.3. The number of methoxy groups -OCH3 is 1. The van der Waals surface area contributed by atoms with Crippen LogP contribution in [0, 0.1) is 0 Å². The topological polar surface area (TPSA) is 112 Å². The van der Waals surface area contributed by atoms with Gasteiger partial charge in [0.05, 0.1) is 30.0 Å². The first-order valence-corrected chi connectivity index (χ1v) is 9.65. The summed E-state index contributed by atoms with van der Waals surface area (Å²) < 4.78 is 16.0. The van der Waals surface area contributed by atoms with Crippen LogP contribution in [-0.4, -0.2) is 38.4 Å². The molecule has 0 aliphatic carbocycles. The van der Waals surface area contributed by atoms with Crippen molar-refractivity contribution in [2.24, 2.45) is 10.8 Å². The van der Waals surface area contributed by atoms with E-state index in [0.29, 0.717) is 29.2 Å². The highest BCUT2D eigenvalue weighted by molar-refractivity contribution is 6.37. The van der Waals surface area contributed by atoms with Crippen molar-refractivity contribution in [1.29, 1.82) is 0 Å². The number of nitrogens with two attached hydrogens (primary N) is 1. The van der Waals surface area contributed by atoms with Crippen LogP contribution in [0.5, 0.6) is 17.2 Å². The summed E-state index contributed by atoms with van der Waals surface area (Å²) in [4.78, 5) is 23.2. The standard InChI is InChI=1S/C20H21Cl2N3O5/c1-3-6-29-16-5-4-13(9-17(16)28-2)20(27)25-24-10-12-7-14(21)19(15(22)8-12)30-11-18(23)26/h4-5,7-10H,3,6,11H2,1-2H3,(H2,23,26)(H,25,27)/b24-10+. The van der Waals surface area contributed by atoms with Crippen LogP contribution in [0.4, 0.5) is 0 Å². The SMILES string of the molecule is CCCOc1ccc(C(=O)N/N=C/c2cc(Cl)c(OCC(N)=O)c(Cl)c2)cc1OC. The lowest BCUT2D eigenvalue weighted by Gasteiger charge is -2.11. The van der Waals surface area contributed by atoms with Gasteiger partial charge in [-0.25, -0.2) is 5.43 Å². The quantitative estimate of drug-likeness (QED) is 0.422. The van der Waals surface area contributed by atoms with Crippen molar-refractivity contribution in [3.63, 3.8) is 0 Å². The van der Waals surface area contributed by atoms with Crippen molar-refractivity contribution in [2.45, 2.75) is 13.3 Å². The minimum atomic E-state index is -0.655. The van der Waals surface area contributed by atoms with Crippen LogP contribution < -0.4 is 25.4 Å². The number of carbonyl (C=O) groups excluding carboxylic acids is 2. The van der Waals surface area contributed by atoms with Gasteiger partial charge in [0.25, 0.3) is 11.8 Å². The number of rotatable bonds is 10. The average Bonchev–Trinajstić information content (AvgIpc) is 2.71. The molecule has 0 spiro atoms. The van der Waals surface area contributed by atoms with Crippen molar-refractivity contribution < 1.29 is 23.8 Å². The van der Waals surface area contributed by atoms with E-state index in [0.717, 1.165) is 6.42 Å². The highest BCUT2D eigenvalue weighted by Crippen LogP contribution is 2.33. The van der Waals surface area contributed by atoms with Gasteiger partial charge < -0.3 is 19.9 Å². The van der Waals surface area contributed by atoms with E-state index < -0.39 is 11.8 Å². The second kappa shape index (κ2) is 11.3. The zero-order valence-electron chi connectivity index (χ0n) is 16.4. The number of nitrogens with zero attached hydrogens (tertiary/aromatic N) is 1. The molecule has 0 bridgehead atoms. The second-order valence-corrected chi connectivity index (χ2v) is 6.80. The molecule has 3 N–H and O–H groups in total. The number of carbonyl (C=O) groups is 2. The van der Waals surface area contributed by atoms with Crippen LogP contribution in [0.25, 0.3) is 0 Å². The normalized spacial score (nSPS) is 10.7. The summed E-state index contributed by atoms with van der Waals surface area (Å²) in [6.07, 6.45) is 2.22. The molecule has 0 aliphatic heterocycles. The molecule has 0 atom stereocenters. The van der Waals surface area contributed by atoms with Gasteiger partial charge in [-0.15, -0.1) is 0 Å². The summed E-state index contributed by atoms with van der Waals surface area (Å²) >= 11 is 12.2. The molecule has 160 valence electrons. The molecule has 0 saturated carbocycles. The van der Waals surface area contributed by atoms with E-state index in [1.807, 2.05) is 6.92 Å². The van der Waals surface area contributed by atoms with Crippen molar-refractivity contribution >= 4 is 41.2 Å². The third kappa shape index (κ3) is 6.53. The zero-order chi connectivity index (χ0) is 22.1. The Labute approximate surface area is 183 Å². The minimum Gasteiger partial charge on any atom is -0.493 e. The van der Waals surface area contributed by atoms with E-state index in [1.54, 1.807) is 18.2 Å². The lowest BCUT2D eigenvalue weighted by atomic mass is 10.2. The molecule has 2 aromatic rings. The molecule has 2 rings (SSSR count). The lowest BCUT2D eigenvalue weighted by Crippen LogP contribution is -2.20. The zero-order valence-corrected chi connectivity index (χ0v) is 17.9. The molecule has 0 heterocycles. The third-order valence-corrected chi connectivity index (χ3v) is 4.21. The number of benzene rings is 2. The number of primary amides is 1. The Morgan fingerprint density at radius 1 is 1.13 bits per heavy atom. The van der Waals surface area contributed by atoms with Gasteiger partial charge in [0.2, 0.25) is 0 Å². The monoisotopic (exact) mass is 453 g/mol. The van der Waals surface area contributed by atoms with Crippen LogP contribution in [0.15, 0.2) is 35.4 Å². The summed E-state index contributed by atoms with van der Waals surface area (Å²) in [6.45, 7) is 2.19. The van der Waals surface area contributed by atoms with E-state index in [-0.39, 0.29) is 22.4 Å². The van der Waals surface area contributed by atoms with Gasteiger partial charge in [-0.1, -0.05) is 30.1 Å². The van der Waals surface area contributed by atoms with E-state index in [2.05, 4.69) is 10.5 Å². The maximum absolute atomic E-state index is 12.3. The fourth-order valence-corrected chi connectivity index (χ4v) is 2.92. The van der Waals surface area contributed by atoms with Gasteiger partial charge in [-0.3, -0.25) is 9.59 Å². The molecule has 10 heteroatoms. The first-order valence-electron chi connectivity index (χ1n) is 8.90. The molecule has 2 amide bonds. The molecule has 30 heavy (non-hydrogen) atoms. The van der Waals surface area contributed by atoms with E-state index in [4.69, 9.17) is 43.1 Å². The highest BCUT2D eigenvalue weighted by Gasteiger charge is 2.12. The smallest absolute Gasteiger partial charge is 0.271 e. The largest absolute Gasteiger partial charge is 0.493 e. The summed E-state index contributed by atoms with van der Waals surface area (Å²) in [7, 11) is 1.50. The van der Waals surface area contributed by atoms with E-state index in [1.165, 1.54) is 25.5 Å². The average molecular weight is 454 g/mol. The number of ether oxygens (including phenoxy) is 3. The van der Waals surface area contributed by atoms with E-state index in [9.17, 15) is 9.59 Å². The molecule has 0 radical (unpaired) electrons. The second-order valence-electron chi connectivity index (χ2n) is 5.98. The van der Waals surface area contributed by atoms with Crippen LogP contribution in [-0.2, 0) is 4.79 Å². The van der Waals surface area contributed by atoms with Gasteiger partial charge in [0.15, 0.2) is 23.9 Å². The molecule has 0 aliphatic rings. The predicted octanol–water partition coefficient (Wildman–Crippen LogP) is 3.42. The Hall–Kier alpha value is -2.97. The molecule has 0 fully saturated rings. The maximum Gasteiger partial charge on any atom is 0.271 e. The number of hydrogen-bond acceptors (Lipinski definition) is 6. The Morgan fingerprint density at radius 2 is 1.83 bits per heavy atom. The Balaban J connectivity index is 2.06. The van der Waals surface area contributed by atoms with Gasteiger partial charge in [0, 0.05) is 5.56 Å². The summed E-state index contributed by atoms with van der Waals surface area (Å²) in [5, 5.41) is 4.24. The van der Waals surface area contributed by atoms with Crippen molar-refractivity contribution in [3.8, 4) is 17.2 Å². The number of hydrogen-bond donors (Lipinski definition) is 2. The van der Waals surface area contributed by atoms with Gasteiger partial charge >= 0.3 is 0 Å². The Kier molecular flexibility index (Phi) is 8.76. The molecule has 2 aromatic carbocycles. The van der Waals surface area contributed by atoms with Gasteiger partial charge in [-0.2, -0.15) is 5.10 Å². The van der Waals surface area contributed by atoms with E-state index >= 15 is 0 Å². The summed E-state index contributed by atoms with van der Waals surface area (Å²) in [6, 6.07) is 7.87. The van der Waals surface area contributed by atoms with Crippen LogP contribution in [0.2, 0.25) is 10.0 Å². The fraction of sp³-hybridized carbons (Fsp3) is 0.250. The van der Waals surface area contributed by atoms with Crippen LogP contribution in [0.3, 0.4) is 0 Å². The van der Waals surface area contributed by atoms with Crippen LogP contribution in [0.1, 0.15) is 29.3 Å². The molecule has 0 aromatic heterocycles. The van der Waals surface area contributed by atoms with Gasteiger partial charge in [-0.05, 0) is 42.3 Å². The Morgan fingerprint density at radius 3 is 2.43 bits per heavy atom. The molecular weight excluding hydrogens is 433 g/mol. The van der Waals surface area contributed by atoms with Crippen molar-refractivity contribution in [1.82, 2.24) is 5.43 Å². The fourth-order valence-electron chi connectivity index (χ4n) is 2.31. The third-order valence-electron chi connectivity index (χ3n) is 3.65. The maximum atomic E-state index is 12.3. The number of halogens is 2. The number of hydrazone groups is 1. The highest BCUT2D eigenvalue weighted by atomic mass is 35.5. The number of nitrogens with one attached hydrogen (secondary N) is 1. The Bertz CT molecular complexity index is 927. The first kappa shape index (κ1) is 23.3. The molecule has 0 unspecified atom stereocenters. The lowest BCUT2D eigenvalue weighted by molar-refractivity contribution is -0.119. The van der Waals surface area contributed by atoms with Gasteiger partial charge in [0.1, 0.15) is 0 Å². The van der Waals surface area contributed by atoms with Crippen molar-refractivity contribution in [3.05, 3.63) is 51.5 Å². The predicted molar refractivity (Wildman–Crippen MR) is 115 cm³/mol. The summed E-state index contributed by atoms with van der Waals surface area (Å²) in [5.41, 5.74) is 8.30.